The molecule has 63 heavy (non-hydrogen) atoms. The van der Waals surface area contributed by atoms with Crippen LogP contribution in [0.3, 0.4) is 0 Å². The molecular formula is C45H40Br2N4O12. The number of carbonyl (C=O) groups excluding carboxylic acids is 1. The van der Waals surface area contributed by atoms with Crippen LogP contribution in [-0.4, -0.2) is 58.7 Å². The third kappa shape index (κ3) is 10.7. The summed E-state index contributed by atoms with van der Waals surface area (Å²) in [5.74, 6) is 1.51. The molecule has 2 aromatic heterocycles. The molecule has 0 spiro atoms. The Bertz CT molecular complexity index is 2650. The first-order valence-corrected chi connectivity index (χ1v) is 20.9. The molecule has 326 valence electrons. The Hall–Kier alpha value is -6.66. The molecule has 0 amide bonds. The molecule has 0 saturated heterocycles. The van der Waals surface area contributed by atoms with E-state index < -0.39 is 23.1 Å². The second-order valence-corrected chi connectivity index (χ2v) is 16.2. The maximum atomic E-state index is 11.9. The summed E-state index contributed by atoms with van der Waals surface area (Å²) in [4.78, 5) is 32.3. The maximum Gasteiger partial charge on any atom is 0.377 e. The van der Waals surface area contributed by atoms with Crippen LogP contribution in [0.4, 0.5) is 0 Å². The van der Waals surface area contributed by atoms with E-state index in [9.17, 15) is 14.7 Å². The van der Waals surface area contributed by atoms with Gasteiger partial charge in [-0.05, 0) is 85.6 Å². The van der Waals surface area contributed by atoms with Crippen LogP contribution in [0.15, 0.2) is 127 Å². The van der Waals surface area contributed by atoms with E-state index in [1.165, 1.54) is 27.6 Å². The van der Waals surface area contributed by atoms with Crippen molar-refractivity contribution < 1.29 is 56.9 Å². The average molecular weight is 989 g/mol. The van der Waals surface area contributed by atoms with Crippen LogP contribution < -0.4 is 18.9 Å². The fourth-order valence-corrected chi connectivity index (χ4v) is 6.46. The summed E-state index contributed by atoms with van der Waals surface area (Å²) < 4.78 is 50.9. The van der Waals surface area contributed by atoms with Gasteiger partial charge in [0, 0.05) is 45.8 Å². The predicted molar refractivity (Wildman–Crippen MR) is 231 cm³/mol. The highest BCUT2D eigenvalue weighted by Gasteiger charge is 2.53. The number of aliphatic carboxylic acids is 1. The summed E-state index contributed by atoms with van der Waals surface area (Å²) in [6.07, 6.45) is 5.33. The minimum Gasteiger partial charge on any atom is -0.500 e. The number of hydrogen-bond donors (Lipinski definition) is 1. The quantitative estimate of drug-likeness (QED) is 0.0546. The van der Waals surface area contributed by atoms with Crippen LogP contribution in [0.5, 0.6) is 23.0 Å². The van der Waals surface area contributed by atoms with E-state index in [0.717, 1.165) is 63.5 Å². The molecule has 2 aliphatic rings. The second-order valence-electron chi connectivity index (χ2n) is 14.3. The van der Waals surface area contributed by atoms with E-state index in [1.54, 1.807) is 25.1 Å². The zero-order valence-electron chi connectivity index (χ0n) is 34.5. The standard InChI is InChI=1S/C23H21BrN2O6.C22H19BrN2O6/c1-14-4-5-15(12-18(14)30-19(13-28-2)21(27)29-3)20-25-22(32-26-20)23(10-11-23)31-17-8-6-16(24)7-9-17;1-13-3-4-14(11-17(13)29-18(12-28-2)20(26)27)19-24-21(31-25-19)22(9-10-22)30-16-7-5-15(23)6-8-16/h4-9,12-13H,10-11H2,1-3H3;3-8,11-12H,9-10H2,1-2H3,(H,26,27)/b19-13-;18-12-. The number of carbonyl (C=O) groups is 2. The number of halogens is 2. The van der Waals surface area contributed by atoms with Gasteiger partial charge in [-0.25, -0.2) is 9.59 Å². The van der Waals surface area contributed by atoms with E-state index in [4.69, 9.17) is 42.2 Å². The lowest BCUT2D eigenvalue weighted by molar-refractivity contribution is -0.139. The minimum absolute atomic E-state index is 0.0797. The molecule has 0 bridgehead atoms. The Morgan fingerprint density at radius 1 is 0.635 bits per heavy atom. The van der Waals surface area contributed by atoms with Crippen LogP contribution in [-0.2, 0) is 35.0 Å². The number of aryl methyl sites for hydroxylation is 2. The van der Waals surface area contributed by atoms with Gasteiger partial charge in [0.1, 0.15) is 35.5 Å². The van der Waals surface area contributed by atoms with Crippen molar-refractivity contribution in [3.8, 4) is 45.8 Å². The minimum atomic E-state index is -1.24. The SMILES string of the molecule is CO/C=C(\Oc1cc(-c2noc(C3(Oc4ccc(Br)cc4)CC3)n2)ccc1C)C(=O)O.CO/C=C(\Oc1cc(-c2noc(C3(Oc4ccc(Br)cc4)CC3)n2)ccc1C)C(=O)OC. The number of carboxylic acid groups (broad SMARTS) is 1. The first-order chi connectivity index (χ1) is 30.3. The van der Waals surface area contributed by atoms with E-state index in [1.807, 2.05) is 73.7 Å². The largest absolute Gasteiger partial charge is 0.500 e. The van der Waals surface area contributed by atoms with Gasteiger partial charge in [0.2, 0.25) is 23.2 Å². The number of methoxy groups -OCH3 is 3. The van der Waals surface area contributed by atoms with Gasteiger partial charge in [0.05, 0.1) is 21.3 Å². The fourth-order valence-electron chi connectivity index (χ4n) is 5.94. The Morgan fingerprint density at radius 2 is 1.05 bits per heavy atom. The summed E-state index contributed by atoms with van der Waals surface area (Å²) >= 11 is 6.83. The molecule has 6 aromatic rings. The van der Waals surface area contributed by atoms with Gasteiger partial charge < -0.3 is 47.3 Å². The van der Waals surface area contributed by atoms with Crippen LogP contribution in [0.1, 0.15) is 48.6 Å². The highest BCUT2D eigenvalue weighted by atomic mass is 79.9. The molecule has 0 radical (unpaired) electrons. The molecular weight excluding hydrogens is 948 g/mol. The zero-order valence-corrected chi connectivity index (χ0v) is 37.7. The van der Waals surface area contributed by atoms with Crippen LogP contribution >= 0.6 is 31.9 Å². The summed E-state index contributed by atoms with van der Waals surface area (Å²) in [6, 6.07) is 25.8. The van der Waals surface area contributed by atoms with Crippen molar-refractivity contribution in [2.45, 2.75) is 50.7 Å². The molecule has 2 aliphatic carbocycles. The lowest BCUT2D eigenvalue weighted by Crippen LogP contribution is -2.16. The first kappa shape index (κ1) is 44.4. The summed E-state index contributed by atoms with van der Waals surface area (Å²) in [7, 11) is 4.03. The number of carboxylic acids is 1. The van der Waals surface area contributed by atoms with E-state index >= 15 is 0 Å². The molecule has 8 rings (SSSR count). The lowest BCUT2D eigenvalue weighted by atomic mass is 10.1. The average Bonchev–Trinajstić information content (AvgIpc) is 4.11. The van der Waals surface area contributed by atoms with Crippen LogP contribution in [0, 0.1) is 13.8 Å². The molecule has 2 heterocycles. The number of nitrogens with zero attached hydrogens (tertiary/aromatic N) is 4. The van der Waals surface area contributed by atoms with E-state index in [0.29, 0.717) is 46.1 Å². The molecule has 0 unspecified atom stereocenters. The fraction of sp³-hybridized carbons (Fsp3) is 0.244. The van der Waals surface area contributed by atoms with Crippen molar-refractivity contribution in [2.75, 3.05) is 21.3 Å². The topological polar surface area (TPSA) is 197 Å². The van der Waals surface area contributed by atoms with Crippen molar-refractivity contribution in [2.24, 2.45) is 0 Å². The number of benzene rings is 4. The Kier molecular flexibility index (Phi) is 13.5. The summed E-state index contributed by atoms with van der Waals surface area (Å²) in [5, 5.41) is 17.5. The highest BCUT2D eigenvalue weighted by Crippen LogP contribution is 2.50. The normalized spacial score (nSPS) is 14.7. The van der Waals surface area contributed by atoms with E-state index in [2.05, 4.69) is 52.1 Å². The lowest BCUT2D eigenvalue weighted by Gasteiger charge is -2.13. The third-order valence-corrected chi connectivity index (χ3v) is 10.7. The Balaban J connectivity index is 0.000000189. The van der Waals surface area contributed by atoms with Gasteiger partial charge in [-0.2, -0.15) is 9.97 Å². The van der Waals surface area contributed by atoms with Crippen molar-refractivity contribution in [1.29, 1.82) is 0 Å². The number of hydrogen-bond acceptors (Lipinski definition) is 15. The smallest absolute Gasteiger partial charge is 0.377 e. The van der Waals surface area contributed by atoms with Gasteiger partial charge in [0.15, 0.2) is 11.2 Å². The number of esters is 1. The van der Waals surface area contributed by atoms with Crippen molar-refractivity contribution >= 4 is 43.8 Å². The number of ether oxygens (including phenoxy) is 7. The molecule has 1 N–H and O–H groups in total. The zero-order chi connectivity index (χ0) is 44.7. The van der Waals surface area contributed by atoms with Crippen molar-refractivity contribution in [3.05, 3.63) is 141 Å². The molecule has 16 nitrogen and oxygen atoms in total. The predicted octanol–water partition coefficient (Wildman–Crippen LogP) is 9.74. The van der Waals surface area contributed by atoms with Crippen molar-refractivity contribution in [1.82, 2.24) is 20.3 Å². The van der Waals surface area contributed by atoms with Gasteiger partial charge in [-0.1, -0.05) is 66.4 Å². The van der Waals surface area contributed by atoms with Gasteiger partial charge in [-0.15, -0.1) is 0 Å². The van der Waals surface area contributed by atoms with E-state index in [-0.39, 0.29) is 11.5 Å². The monoisotopic (exact) mass is 986 g/mol. The molecule has 0 atom stereocenters. The molecule has 2 saturated carbocycles. The Morgan fingerprint density at radius 3 is 1.43 bits per heavy atom. The highest BCUT2D eigenvalue weighted by molar-refractivity contribution is 9.10. The first-order valence-electron chi connectivity index (χ1n) is 19.3. The molecule has 2 fully saturated rings. The maximum absolute atomic E-state index is 11.9. The summed E-state index contributed by atoms with van der Waals surface area (Å²) in [6.45, 7) is 3.66. The Labute approximate surface area is 378 Å². The van der Waals surface area contributed by atoms with Crippen LogP contribution in [0.25, 0.3) is 22.8 Å². The van der Waals surface area contributed by atoms with Gasteiger partial charge in [-0.3, -0.25) is 0 Å². The number of rotatable bonds is 16. The summed E-state index contributed by atoms with van der Waals surface area (Å²) in [5.41, 5.74) is 1.61. The van der Waals surface area contributed by atoms with Gasteiger partial charge in [0.25, 0.3) is 11.8 Å². The molecule has 18 heteroatoms. The molecule has 0 aliphatic heterocycles. The molecule has 4 aromatic carbocycles. The van der Waals surface area contributed by atoms with Crippen LogP contribution in [0.2, 0.25) is 0 Å². The van der Waals surface area contributed by atoms with Crippen molar-refractivity contribution in [3.63, 3.8) is 0 Å². The third-order valence-electron chi connectivity index (χ3n) is 9.67. The van der Waals surface area contributed by atoms with Gasteiger partial charge >= 0.3 is 11.9 Å². The second kappa shape index (κ2) is 19.2. The number of aromatic nitrogens is 4.